The summed E-state index contributed by atoms with van der Waals surface area (Å²) in [5.41, 5.74) is 4.33. The van der Waals surface area contributed by atoms with Gasteiger partial charge in [-0.2, -0.15) is 0 Å². The van der Waals surface area contributed by atoms with Gasteiger partial charge in [-0.3, -0.25) is 0 Å². The first kappa shape index (κ1) is 19.0. The van der Waals surface area contributed by atoms with E-state index in [2.05, 4.69) is 67.4 Å². The van der Waals surface area contributed by atoms with Crippen LogP contribution in [0.25, 0.3) is 0 Å². The average molecular weight is 382 g/mol. The predicted molar refractivity (Wildman–Crippen MR) is 111 cm³/mol. The molecule has 1 aromatic heterocycles. The van der Waals surface area contributed by atoms with E-state index >= 15 is 0 Å². The van der Waals surface area contributed by atoms with Crippen LogP contribution in [-0.4, -0.2) is 38.0 Å². The molecule has 2 unspecified atom stereocenters. The minimum atomic E-state index is 0.00396. The Kier molecular flexibility index (Phi) is 4.68. The van der Waals surface area contributed by atoms with Crippen molar-refractivity contribution in [2.75, 3.05) is 5.32 Å². The van der Waals surface area contributed by atoms with Gasteiger partial charge in [0.15, 0.2) is 0 Å². The lowest BCUT2D eigenvalue weighted by atomic mass is 9.93. The highest BCUT2D eigenvalue weighted by atomic mass is 16.2. The van der Waals surface area contributed by atoms with E-state index in [9.17, 15) is 4.79 Å². The minimum absolute atomic E-state index is 0.00396. The van der Waals surface area contributed by atoms with E-state index in [-0.39, 0.29) is 23.5 Å². The van der Waals surface area contributed by atoms with Gasteiger partial charge in [-0.25, -0.2) is 9.48 Å². The van der Waals surface area contributed by atoms with Crippen LogP contribution in [0.3, 0.4) is 0 Å². The third-order valence-corrected chi connectivity index (χ3v) is 6.35. The van der Waals surface area contributed by atoms with Gasteiger partial charge in [0.1, 0.15) is 0 Å². The van der Waals surface area contributed by atoms with Crippen LogP contribution in [0.1, 0.15) is 69.3 Å². The smallest absolute Gasteiger partial charge is 0.318 e. The van der Waals surface area contributed by atoms with Crippen molar-refractivity contribution in [1.82, 2.24) is 19.9 Å². The molecule has 2 saturated heterocycles. The summed E-state index contributed by atoms with van der Waals surface area (Å²) in [6.07, 6.45) is 6.13. The second kappa shape index (κ2) is 6.90. The van der Waals surface area contributed by atoms with Gasteiger partial charge in [-0.1, -0.05) is 32.1 Å². The van der Waals surface area contributed by atoms with Gasteiger partial charge in [0.05, 0.1) is 11.7 Å². The molecule has 4 rings (SSSR count). The summed E-state index contributed by atoms with van der Waals surface area (Å²) in [7, 11) is 0. The quantitative estimate of drug-likeness (QED) is 0.827. The summed E-state index contributed by atoms with van der Waals surface area (Å²) in [5.74, 6) is 0. The topological polar surface area (TPSA) is 63.1 Å². The molecule has 2 atom stereocenters. The molecule has 0 spiro atoms. The summed E-state index contributed by atoms with van der Waals surface area (Å²) in [6.45, 7) is 10.6. The summed E-state index contributed by atoms with van der Waals surface area (Å²) in [6, 6.07) is 7.00. The van der Waals surface area contributed by atoms with Crippen LogP contribution in [-0.2, 0) is 5.41 Å². The predicted octanol–water partition coefficient (Wildman–Crippen LogP) is 4.59. The van der Waals surface area contributed by atoms with Gasteiger partial charge in [-0.05, 0) is 62.8 Å². The van der Waals surface area contributed by atoms with E-state index in [4.69, 9.17) is 0 Å². The molecular formula is C22H31N5O. The number of hydrogen-bond donors (Lipinski definition) is 1. The van der Waals surface area contributed by atoms with E-state index in [1.54, 1.807) is 0 Å². The Morgan fingerprint density at radius 3 is 2.32 bits per heavy atom. The number of nitrogens with zero attached hydrogens (tertiary/aromatic N) is 4. The standard InChI is InChI=1S/C22H31N5O/c1-14-6-7-16(10-15(14)2)23-21(28)27-17-8-9-18(27)12-19(11-17)26-13-20(24-25-26)22(3,4)5/h6-7,10,13,17-19H,8-9,11-12H2,1-5H3,(H,23,28). The molecule has 6 heteroatoms. The normalized spacial score (nSPS) is 24.5. The number of fused-ring (bicyclic) bond motifs is 2. The van der Waals surface area contributed by atoms with Crippen LogP contribution in [0.15, 0.2) is 24.4 Å². The monoisotopic (exact) mass is 381 g/mol. The molecule has 0 aliphatic carbocycles. The zero-order valence-electron chi connectivity index (χ0n) is 17.6. The van der Waals surface area contributed by atoms with Crippen molar-refractivity contribution in [2.24, 2.45) is 0 Å². The van der Waals surface area contributed by atoms with Gasteiger partial charge < -0.3 is 10.2 Å². The Morgan fingerprint density at radius 2 is 1.75 bits per heavy atom. The molecule has 150 valence electrons. The van der Waals surface area contributed by atoms with Crippen LogP contribution < -0.4 is 5.32 Å². The largest absolute Gasteiger partial charge is 0.322 e. The van der Waals surface area contributed by atoms with Gasteiger partial charge in [-0.15, -0.1) is 5.10 Å². The Bertz CT molecular complexity index is 867. The summed E-state index contributed by atoms with van der Waals surface area (Å²) in [4.78, 5) is 15.1. The number of nitrogens with one attached hydrogen (secondary N) is 1. The number of anilines is 1. The molecule has 1 N–H and O–H groups in total. The zero-order chi connectivity index (χ0) is 20.1. The van der Waals surface area contributed by atoms with E-state index in [0.717, 1.165) is 37.1 Å². The van der Waals surface area contributed by atoms with Gasteiger partial charge >= 0.3 is 6.03 Å². The fraction of sp³-hybridized carbons (Fsp3) is 0.591. The molecule has 2 aliphatic rings. The maximum atomic E-state index is 13.0. The van der Waals surface area contributed by atoms with Crippen molar-refractivity contribution >= 4 is 11.7 Å². The second-order valence-corrected chi connectivity index (χ2v) is 9.48. The molecule has 0 saturated carbocycles. The van der Waals surface area contributed by atoms with Crippen molar-refractivity contribution in [3.63, 3.8) is 0 Å². The van der Waals surface area contributed by atoms with E-state index in [1.165, 1.54) is 11.1 Å². The van der Waals surface area contributed by atoms with Crippen molar-refractivity contribution in [2.45, 2.75) is 83.8 Å². The number of carbonyl (C=O) groups excluding carboxylic acids is 1. The lowest BCUT2D eigenvalue weighted by Crippen LogP contribution is -2.48. The van der Waals surface area contributed by atoms with Crippen LogP contribution in [0, 0.1) is 13.8 Å². The van der Waals surface area contributed by atoms with E-state index in [0.29, 0.717) is 6.04 Å². The number of benzene rings is 1. The lowest BCUT2D eigenvalue weighted by molar-refractivity contribution is 0.129. The molecule has 2 bridgehead atoms. The number of aryl methyl sites for hydroxylation is 2. The Balaban J connectivity index is 1.45. The molecule has 1 aromatic carbocycles. The van der Waals surface area contributed by atoms with Crippen molar-refractivity contribution in [3.8, 4) is 0 Å². The lowest BCUT2D eigenvalue weighted by Gasteiger charge is -2.38. The summed E-state index contributed by atoms with van der Waals surface area (Å²) in [5, 5.41) is 11.9. The molecule has 3 heterocycles. The fourth-order valence-corrected chi connectivity index (χ4v) is 4.50. The third-order valence-electron chi connectivity index (χ3n) is 6.35. The number of amides is 2. The highest BCUT2D eigenvalue weighted by molar-refractivity contribution is 5.90. The second-order valence-electron chi connectivity index (χ2n) is 9.48. The number of urea groups is 1. The third kappa shape index (κ3) is 3.52. The highest BCUT2D eigenvalue weighted by Crippen LogP contribution is 2.41. The molecule has 0 radical (unpaired) electrons. The van der Waals surface area contributed by atoms with Crippen LogP contribution in [0.5, 0.6) is 0 Å². The average Bonchev–Trinajstić information content (AvgIpc) is 3.21. The van der Waals surface area contributed by atoms with Gasteiger partial charge in [0.25, 0.3) is 0 Å². The number of rotatable bonds is 2. The SMILES string of the molecule is Cc1ccc(NC(=O)N2C3CCC2CC(n2cc(C(C)(C)C)nn2)C3)cc1C. The van der Waals surface area contributed by atoms with Crippen LogP contribution in [0.4, 0.5) is 10.5 Å². The number of aromatic nitrogens is 3. The zero-order valence-corrected chi connectivity index (χ0v) is 17.6. The molecule has 2 aliphatic heterocycles. The summed E-state index contributed by atoms with van der Waals surface area (Å²) >= 11 is 0. The molecule has 6 nitrogen and oxygen atoms in total. The maximum absolute atomic E-state index is 13.0. The van der Waals surface area contributed by atoms with Crippen molar-refractivity contribution in [3.05, 3.63) is 41.2 Å². The van der Waals surface area contributed by atoms with Crippen molar-refractivity contribution in [1.29, 1.82) is 0 Å². The maximum Gasteiger partial charge on any atom is 0.322 e. The van der Waals surface area contributed by atoms with E-state index in [1.807, 2.05) is 16.8 Å². The van der Waals surface area contributed by atoms with Crippen LogP contribution in [0.2, 0.25) is 0 Å². The first-order valence-corrected chi connectivity index (χ1v) is 10.3. The Hall–Kier alpha value is -2.37. The minimum Gasteiger partial charge on any atom is -0.318 e. The Morgan fingerprint density at radius 1 is 1.07 bits per heavy atom. The number of hydrogen-bond acceptors (Lipinski definition) is 3. The molecule has 28 heavy (non-hydrogen) atoms. The first-order valence-electron chi connectivity index (χ1n) is 10.3. The Labute approximate surface area is 167 Å². The highest BCUT2D eigenvalue weighted by Gasteiger charge is 2.44. The molecule has 2 aromatic rings. The van der Waals surface area contributed by atoms with Crippen molar-refractivity contribution < 1.29 is 4.79 Å². The molecule has 2 fully saturated rings. The van der Waals surface area contributed by atoms with E-state index < -0.39 is 0 Å². The molecule has 2 amide bonds. The number of piperidine rings is 1. The molecular weight excluding hydrogens is 350 g/mol. The first-order chi connectivity index (χ1) is 13.2. The van der Waals surface area contributed by atoms with Gasteiger partial charge in [0.2, 0.25) is 0 Å². The summed E-state index contributed by atoms with van der Waals surface area (Å²) < 4.78 is 2.03. The van der Waals surface area contributed by atoms with Gasteiger partial charge in [0, 0.05) is 29.4 Å². The fourth-order valence-electron chi connectivity index (χ4n) is 4.50. The number of carbonyl (C=O) groups is 1. The van der Waals surface area contributed by atoms with Crippen LogP contribution >= 0.6 is 0 Å².